The number of nitrogens with one attached hydrogen (secondary N) is 2. The number of alkyl halides is 2. The summed E-state index contributed by atoms with van der Waals surface area (Å²) in [5, 5.41) is 5.86. The molecule has 42 heavy (non-hydrogen) atoms. The van der Waals surface area contributed by atoms with Gasteiger partial charge in [0.05, 0.1) is 17.9 Å². The van der Waals surface area contributed by atoms with E-state index in [1.807, 2.05) is 13.0 Å². The fourth-order valence-electron chi connectivity index (χ4n) is 5.30. The number of hydrogen-bond acceptors (Lipinski definition) is 7. The Balaban J connectivity index is 1.32. The molecule has 2 N–H and O–H groups in total. The van der Waals surface area contributed by atoms with Crippen molar-refractivity contribution in [3.05, 3.63) is 58.3 Å². The molecular formula is C28H39F2N7O4S. The molecule has 1 fully saturated rings. The minimum Gasteiger partial charge on any atom is -0.353 e. The van der Waals surface area contributed by atoms with E-state index in [-0.39, 0.29) is 60.9 Å². The monoisotopic (exact) mass is 607 g/mol. The van der Waals surface area contributed by atoms with Crippen molar-refractivity contribution in [1.82, 2.24) is 29.8 Å². The van der Waals surface area contributed by atoms with Crippen molar-refractivity contribution in [1.29, 1.82) is 0 Å². The lowest BCUT2D eigenvalue weighted by Crippen LogP contribution is -2.51. The summed E-state index contributed by atoms with van der Waals surface area (Å²) in [6.07, 6.45) is -1.26. The molecule has 14 heteroatoms. The number of hydrogen-bond donors (Lipinski definition) is 2. The van der Waals surface area contributed by atoms with Gasteiger partial charge in [0, 0.05) is 49.9 Å². The number of rotatable bonds is 13. The number of aromatic nitrogens is 4. The van der Waals surface area contributed by atoms with Gasteiger partial charge in [-0.2, -0.15) is 9.50 Å². The largest absolute Gasteiger partial charge is 0.353 e. The second kappa shape index (κ2) is 13.7. The van der Waals surface area contributed by atoms with Gasteiger partial charge in [-0.15, -0.1) is 0 Å². The van der Waals surface area contributed by atoms with E-state index in [9.17, 15) is 26.8 Å². The molecule has 3 heterocycles. The average molecular weight is 608 g/mol. The fraction of sp³-hybridized carbons (Fsp3) is 0.571. The number of aryl methyl sites for hydroxylation is 1. The predicted molar refractivity (Wildman–Crippen MR) is 156 cm³/mol. The molecule has 0 bridgehead atoms. The Morgan fingerprint density at radius 3 is 2.50 bits per heavy atom. The quantitative estimate of drug-likeness (QED) is 0.305. The van der Waals surface area contributed by atoms with E-state index in [1.54, 1.807) is 38.1 Å². The zero-order valence-electron chi connectivity index (χ0n) is 24.2. The van der Waals surface area contributed by atoms with Crippen LogP contribution >= 0.6 is 0 Å². The number of sulfonamides is 1. The summed E-state index contributed by atoms with van der Waals surface area (Å²) in [4.78, 5) is 35.4. The SMILES string of the molecule is Cc1cc(=O)n2[nH]c(CC(=O)NC3CCN([C@H](C)CN(c4ccccc4)S(=O)(=O)CC(C)CCC(F)F)CC3)nc2n1. The van der Waals surface area contributed by atoms with Gasteiger partial charge in [-0.1, -0.05) is 25.1 Å². The van der Waals surface area contributed by atoms with E-state index in [0.29, 0.717) is 43.1 Å². The standard InChI is InChI=1S/C28H39F2N7O4S/c1-19(9-10-24(29)30)18-42(40,41)36(23-7-5-4-6-8-23)17-21(3)35-13-11-22(12-14-35)32-26(38)16-25-33-28-31-20(2)15-27(39)37(28)34-25/h4-8,15,19,21-22,24H,9-14,16-18H2,1-3H3,(H,32,38)(H,31,33,34)/t19?,21-/m1/s1. The zero-order valence-corrected chi connectivity index (χ0v) is 25.0. The Morgan fingerprint density at radius 1 is 1.14 bits per heavy atom. The topological polar surface area (TPSA) is 133 Å². The first-order valence-corrected chi connectivity index (χ1v) is 15.8. The van der Waals surface area contributed by atoms with Crippen LogP contribution in [0.4, 0.5) is 14.5 Å². The maximum Gasteiger partial charge on any atom is 0.274 e. The summed E-state index contributed by atoms with van der Waals surface area (Å²) in [5.74, 6) is -0.248. The van der Waals surface area contributed by atoms with Crippen molar-refractivity contribution in [2.75, 3.05) is 29.7 Å². The normalized spacial score (nSPS) is 16.5. The molecule has 1 aliphatic rings. The van der Waals surface area contributed by atoms with Crippen LogP contribution in [0.15, 0.2) is 41.2 Å². The molecule has 2 aromatic heterocycles. The lowest BCUT2D eigenvalue weighted by molar-refractivity contribution is -0.121. The van der Waals surface area contributed by atoms with Crippen molar-refractivity contribution in [2.24, 2.45) is 5.92 Å². The third-order valence-corrected chi connectivity index (χ3v) is 9.56. The van der Waals surface area contributed by atoms with Gasteiger partial charge in [0.15, 0.2) is 0 Å². The molecule has 3 aromatic rings. The number of H-pyrrole nitrogens is 1. The number of benzene rings is 1. The Labute approximate surface area is 244 Å². The Kier molecular flexibility index (Phi) is 10.3. The number of halogens is 2. The zero-order chi connectivity index (χ0) is 30.4. The molecule has 2 atom stereocenters. The fourth-order valence-corrected chi connectivity index (χ4v) is 7.26. The summed E-state index contributed by atoms with van der Waals surface area (Å²) in [7, 11) is -3.76. The number of likely N-dealkylation sites (tertiary alicyclic amines) is 1. The third kappa shape index (κ3) is 8.34. The molecule has 1 amide bonds. The number of carbonyl (C=O) groups excluding carboxylic acids is 1. The number of aromatic amines is 1. The highest BCUT2D eigenvalue weighted by atomic mass is 32.2. The van der Waals surface area contributed by atoms with Crippen LogP contribution in [0.1, 0.15) is 51.0 Å². The van der Waals surface area contributed by atoms with Gasteiger partial charge in [0.2, 0.25) is 22.4 Å². The van der Waals surface area contributed by atoms with E-state index in [2.05, 4.69) is 25.3 Å². The summed E-state index contributed by atoms with van der Waals surface area (Å²) in [6, 6.07) is 10.1. The third-order valence-electron chi connectivity index (χ3n) is 7.53. The Bertz CT molecular complexity index is 1510. The van der Waals surface area contributed by atoms with Crippen LogP contribution in [0.5, 0.6) is 0 Å². The van der Waals surface area contributed by atoms with Crippen LogP contribution in [0.2, 0.25) is 0 Å². The van der Waals surface area contributed by atoms with Gasteiger partial charge >= 0.3 is 0 Å². The van der Waals surface area contributed by atoms with E-state index in [0.717, 1.165) is 0 Å². The first kappa shape index (κ1) is 31.5. The summed E-state index contributed by atoms with van der Waals surface area (Å²) >= 11 is 0. The molecule has 0 saturated carbocycles. The average Bonchev–Trinajstić information content (AvgIpc) is 3.33. The van der Waals surface area contributed by atoms with Gasteiger partial charge in [-0.25, -0.2) is 22.2 Å². The lowest BCUT2D eigenvalue weighted by atomic mass is 10.0. The Morgan fingerprint density at radius 2 is 1.83 bits per heavy atom. The smallest absolute Gasteiger partial charge is 0.274 e. The second-order valence-electron chi connectivity index (χ2n) is 11.2. The molecule has 0 spiro atoms. The highest BCUT2D eigenvalue weighted by molar-refractivity contribution is 7.92. The first-order chi connectivity index (χ1) is 19.9. The van der Waals surface area contributed by atoms with Crippen LogP contribution in [-0.4, -0.2) is 82.7 Å². The number of fused-ring (bicyclic) bond motifs is 1. The summed E-state index contributed by atoms with van der Waals surface area (Å²) < 4.78 is 54.9. The molecular weight excluding hydrogens is 568 g/mol. The minimum absolute atomic E-state index is 0.0158. The minimum atomic E-state index is -3.76. The highest BCUT2D eigenvalue weighted by Gasteiger charge is 2.30. The molecule has 1 aromatic carbocycles. The number of anilines is 1. The van der Waals surface area contributed by atoms with E-state index >= 15 is 0 Å². The summed E-state index contributed by atoms with van der Waals surface area (Å²) in [5.41, 5.74) is 0.802. The van der Waals surface area contributed by atoms with Gasteiger partial charge in [-0.3, -0.25) is 23.9 Å². The van der Waals surface area contributed by atoms with Crippen LogP contribution in [0, 0.1) is 12.8 Å². The molecule has 4 rings (SSSR count). The van der Waals surface area contributed by atoms with Gasteiger partial charge in [0.1, 0.15) is 5.82 Å². The number of amides is 1. The molecule has 0 radical (unpaired) electrons. The van der Waals surface area contributed by atoms with Crippen molar-refractivity contribution < 1.29 is 22.0 Å². The molecule has 0 aliphatic carbocycles. The predicted octanol–water partition coefficient (Wildman–Crippen LogP) is 2.76. The van der Waals surface area contributed by atoms with Gasteiger partial charge < -0.3 is 5.32 Å². The maximum atomic E-state index is 13.5. The Hall–Kier alpha value is -3.39. The number of para-hydroxylation sites is 1. The van der Waals surface area contributed by atoms with Crippen LogP contribution in [-0.2, 0) is 21.2 Å². The molecule has 11 nitrogen and oxygen atoms in total. The maximum absolute atomic E-state index is 13.5. The van der Waals surface area contributed by atoms with Crippen LogP contribution in [0.3, 0.4) is 0 Å². The number of carbonyl (C=O) groups is 1. The molecule has 1 saturated heterocycles. The molecule has 230 valence electrons. The van der Waals surface area contributed by atoms with E-state index < -0.39 is 22.4 Å². The molecule has 1 aliphatic heterocycles. The van der Waals surface area contributed by atoms with Crippen molar-refractivity contribution in [3.63, 3.8) is 0 Å². The molecule has 1 unspecified atom stereocenters. The van der Waals surface area contributed by atoms with Gasteiger partial charge in [0.25, 0.3) is 11.3 Å². The van der Waals surface area contributed by atoms with Crippen LogP contribution < -0.4 is 15.2 Å². The second-order valence-corrected chi connectivity index (χ2v) is 13.1. The van der Waals surface area contributed by atoms with Crippen molar-refractivity contribution in [3.8, 4) is 0 Å². The van der Waals surface area contributed by atoms with E-state index in [1.165, 1.54) is 14.9 Å². The summed E-state index contributed by atoms with van der Waals surface area (Å²) in [6.45, 7) is 6.94. The first-order valence-electron chi connectivity index (χ1n) is 14.2. The van der Waals surface area contributed by atoms with Crippen molar-refractivity contribution >= 4 is 27.4 Å². The van der Waals surface area contributed by atoms with Crippen LogP contribution in [0.25, 0.3) is 5.78 Å². The number of nitrogens with zero attached hydrogens (tertiary/aromatic N) is 5. The van der Waals surface area contributed by atoms with Crippen molar-refractivity contribution in [2.45, 2.75) is 71.4 Å². The highest BCUT2D eigenvalue weighted by Crippen LogP contribution is 2.24. The van der Waals surface area contributed by atoms with E-state index in [4.69, 9.17) is 0 Å². The number of piperidine rings is 1. The van der Waals surface area contributed by atoms with Gasteiger partial charge in [-0.05, 0) is 51.2 Å². The lowest BCUT2D eigenvalue weighted by Gasteiger charge is -2.38.